The van der Waals surface area contributed by atoms with E-state index in [9.17, 15) is 9.59 Å². The summed E-state index contributed by atoms with van der Waals surface area (Å²) in [4.78, 5) is 37.0. The Labute approximate surface area is 154 Å². The monoisotopic (exact) mass is 357 g/mol. The lowest BCUT2D eigenvalue weighted by molar-refractivity contribution is -0.139. The predicted molar refractivity (Wildman–Crippen MR) is 97.2 cm³/mol. The quantitative estimate of drug-likeness (QED) is 0.881. The Bertz CT molecular complexity index is 655. The van der Waals surface area contributed by atoms with Crippen molar-refractivity contribution in [3.63, 3.8) is 0 Å². The van der Waals surface area contributed by atoms with Gasteiger partial charge in [0.05, 0.1) is 6.04 Å². The van der Waals surface area contributed by atoms with E-state index in [4.69, 9.17) is 0 Å². The van der Waals surface area contributed by atoms with Gasteiger partial charge in [-0.3, -0.25) is 9.59 Å². The second kappa shape index (κ2) is 7.21. The highest BCUT2D eigenvalue weighted by molar-refractivity contribution is 5.80. The number of carbonyl (C=O) groups is 2. The smallest absolute Gasteiger partial charge is 0.225 e. The molecule has 0 radical (unpaired) electrons. The van der Waals surface area contributed by atoms with E-state index < -0.39 is 0 Å². The zero-order valence-electron chi connectivity index (χ0n) is 15.3. The van der Waals surface area contributed by atoms with Gasteiger partial charge >= 0.3 is 0 Å². The molecule has 2 amide bonds. The summed E-state index contributed by atoms with van der Waals surface area (Å²) >= 11 is 0. The predicted octanol–water partition coefficient (Wildman–Crippen LogP) is 1.38. The highest BCUT2D eigenvalue weighted by Crippen LogP contribution is 2.42. The molecule has 2 aliphatic heterocycles. The first-order valence-corrected chi connectivity index (χ1v) is 9.69. The van der Waals surface area contributed by atoms with Gasteiger partial charge in [-0.2, -0.15) is 0 Å². The van der Waals surface area contributed by atoms with Crippen LogP contribution >= 0.6 is 0 Å². The number of nitrogens with zero attached hydrogens (tertiary/aromatic N) is 4. The van der Waals surface area contributed by atoms with Gasteiger partial charge in [-0.1, -0.05) is 0 Å². The summed E-state index contributed by atoms with van der Waals surface area (Å²) in [6.07, 6.45) is 7.56. The largest absolute Gasteiger partial charge is 0.349 e. The molecular weight excluding hydrogens is 330 g/mol. The number of likely N-dealkylation sites (tertiary alicyclic amines) is 2. The first-order valence-electron chi connectivity index (χ1n) is 9.69. The molecule has 26 heavy (non-hydrogen) atoms. The lowest BCUT2D eigenvalue weighted by Crippen LogP contribution is -2.43. The summed E-state index contributed by atoms with van der Waals surface area (Å²) in [6.45, 7) is 4.56. The van der Waals surface area contributed by atoms with Crippen LogP contribution < -0.4 is 5.32 Å². The first-order chi connectivity index (χ1) is 12.6. The molecule has 0 spiro atoms. The molecule has 1 saturated carbocycles. The fraction of sp³-hybridized carbons (Fsp3) is 0.684. The minimum absolute atomic E-state index is 0.0529. The Morgan fingerprint density at radius 3 is 2.35 bits per heavy atom. The second-order valence-electron chi connectivity index (χ2n) is 7.85. The normalized spacial score (nSPS) is 26.8. The van der Waals surface area contributed by atoms with Gasteiger partial charge in [-0.25, -0.2) is 9.97 Å². The van der Waals surface area contributed by atoms with Crippen LogP contribution in [-0.4, -0.2) is 63.8 Å². The molecule has 3 fully saturated rings. The van der Waals surface area contributed by atoms with E-state index in [1.807, 2.05) is 9.80 Å². The maximum atomic E-state index is 13.0. The van der Waals surface area contributed by atoms with E-state index in [1.165, 1.54) is 12.8 Å². The molecular formula is C19H27N5O2. The molecule has 3 aliphatic rings. The molecule has 0 aromatic carbocycles. The molecule has 0 unspecified atom stereocenters. The van der Waals surface area contributed by atoms with Crippen molar-refractivity contribution < 1.29 is 9.59 Å². The Morgan fingerprint density at radius 1 is 1.04 bits per heavy atom. The van der Waals surface area contributed by atoms with Gasteiger partial charge in [0.2, 0.25) is 17.8 Å². The Hall–Kier alpha value is -2.18. The fourth-order valence-electron chi connectivity index (χ4n) is 4.40. The molecule has 1 aromatic heterocycles. The van der Waals surface area contributed by atoms with E-state index in [2.05, 4.69) is 15.3 Å². The fourth-order valence-corrected chi connectivity index (χ4v) is 4.40. The number of hydrogen-bond donors (Lipinski definition) is 1. The summed E-state index contributed by atoms with van der Waals surface area (Å²) in [6, 6.07) is 2.03. The Balaban J connectivity index is 1.38. The standard InChI is InChI=1S/C19H27N5O2/c1-13(25)23-9-5-15(6-10-23)18(26)24-11-16(14-3-4-14)17(12-24)22-19-20-7-2-8-21-19/h2,7-8,14-17H,3-6,9-12H2,1H3,(H,20,21,22)/t16-,17+/m1/s1. The number of nitrogens with one attached hydrogen (secondary N) is 1. The molecule has 2 atom stereocenters. The van der Waals surface area contributed by atoms with Gasteiger partial charge in [0.1, 0.15) is 0 Å². The van der Waals surface area contributed by atoms with Gasteiger partial charge < -0.3 is 15.1 Å². The van der Waals surface area contributed by atoms with Crippen LogP contribution in [0.2, 0.25) is 0 Å². The first kappa shape index (κ1) is 17.2. The highest BCUT2D eigenvalue weighted by Gasteiger charge is 2.45. The average molecular weight is 357 g/mol. The maximum absolute atomic E-state index is 13.0. The summed E-state index contributed by atoms with van der Waals surface area (Å²) < 4.78 is 0. The summed E-state index contributed by atoms with van der Waals surface area (Å²) in [5.41, 5.74) is 0. The molecule has 1 aromatic rings. The average Bonchev–Trinajstić information content (AvgIpc) is 3.43. The third-order valence-electron chi connectivity index (χ3n) is 6.07. The van der Waals surface area contributed by atoms with E-state index in [0.29, 0.717) is 30.9 Å². The van der Waals surface area contributed by atoms with Crippen molar-refractivity contribution in [2.24, 2.45) is 17.8 Å². The lowest BCUT2D eigenvalue weighted by Gasteiger charge is -2.32. The molecule has 1 aliphatic carbocycles. The number of anilines is 1. The van der Waals surface area contributed by atoms with Crippen LogP contribution in [0.3, 0.4) is 0 Å². The molecule has 4 rings (SSSR count). The Morgan fingerprint density at radius 2 is 1.73 bits per heavy atom. The molecule has 0 bridgehead atoms. The van der Waals surface area contributed by atoms with E-state index in [1.54, 1.807) is 25.4 Å². The third kappa shape index (κ3) is 3.66. The second-order valence-corrected chi connectivity index (χ2v) is 7.85. The van der Waals surface area contributed by atoms with Crippen molar-refractivity contribution in [3.05, 3.63) is 18.5 Å². The van der Waals surface area contributed by atoms with Crippen LogP contribution in [-0.2, 0) is 9.59 Å². The molecule has 7 nitrogen and oxygen atoms in total. The van der Waals surface area contributed by atoms with Crippen LogP contribution in [0.15, 0.2) is 18.5 Å². The zero-order valence-corrected chi connectivity index (χ0v) is 15.3. The molecule has 2 saturated heterocycles. The van der Waals surface area contributed by atoms with Gasteiger partial charge in [0.25, 0.3) is 0 Å². The maximum Gasteiger partial charge on any atom is 0.225 e. The van der Waals surface area contributed by atoms with Crippen LogP contribution in [0.25, 0.3) is 0 Å². The van der Waals surface area contributed by atoms with Crippen molar-refractivity contribution in [2.75, 3.05) is 31.5 Å². The van der Waals surface area contributed by atoms with Crippen molar-refractivity contribution in [2.45, 2.75) is 38.6 Å². The SMILES string of the molecule is CC(=O)N1CCC(C(=O)N2C[C@H](Nc3ncccn3)[C@@H](C3CC3)C2)CC1. The van der Waals surface area contributed by atoms with Crippen LogP contribution in [0.4, 0.5) is 5.95 Å². The number of piperidine rings is 1. The number of carbonyl (C=O) groups excluding carboxylic acids is 2. The lowest BCUT2D eigenvalue weighted by atomic mass is 9.95. The molecule has 3 heterocycles. The van der Waals surface area contributed by atoms with E-state index >= 15 is 0 Å². The van der Waals surface area contributed by atoms with Crippen molar-refractivity contribution in [1.29, 1.82) is 0 Å². The Kier molecular flexibility index (Phi) is 4.78. The minimum atomic E-state index is 0.0529. The van der Waals surface area contributed by atoms with Crippen LogP contribution in [0, 0.1) is 17.8 Å². The zero-order chi connectivity index (χ0) is 18.1. The number of rotatable bonds is 4. The van der Waals surface area contributed by atoms with Crippen molar-refractivity contribution in [1.82, 2.24) is 19.8 Å². The van der Waals surface area contributed by atoms with E-state index in [-0.39, 0.29) is 23.8 Å². The minimum Gasteiger partial charge on any atom is -0.349 e. The summed E-state index contributed by atoms with van der Waals surface area (Å²) in [5.74, 6) is 2.27. The van der Waals surface area contributed by atoms with Gasteiger partial charge in [0, 0.05) is 57.3 Å². The number of aromatic nitrogens is 2. The van der Waals surface area contributed by atoms with Crippen LogP contribution in [0.5, 0.6) is 0 Å². The van der Waals surface area contributed by atoms with Crippen molar-refractivity contribution in [3.8, 4) is 0 Å². The summed E-state index contributed by atoms with van der Waals surface area (Å²) in [7, 11) is 0. The van der Waals surface area contributed by atoms with Gasteiger partial charge in [0.15, 0.2) is 0 Å². The summed E-state index contributed by atoms with van der Waals surface area (Å²) in [5, 5.41) is 3.45. The van der Waals surface area contributed by atoms with Gasteiger partial charge in [-0.15, -0.1) is 0 Å². The molecule has 1 N–H and O–H groups in total. The van der Waals surface area contributed by atoms with Crippen LogP contribution in [0.1, 0.15) is 32.6 Å². The van der Waals surface area contributed by atoms with Gasteiger partial charge in [-0.05, 0) is 37.7 Å². The molecule has 140 valence electrons. The van der Waals surface area contributed by atoms with E-state index in [0.717, 1.165) is 25.9 Å². The van der Waals surface area contributed by atoms with Crippen molar-refractivity contribution >= 4 is 17.8 Å². The highest BCUT2D eigenvalue weighted by atomic mass is 16.2. The third-order valence-corrected chi connectivity index (χ3v) is 6.07. The molecule has 7 heteroatoms. The topological polar surface area (TPSA) is 78.4 Å². The number of hydrogen-bond acceptors (Lipinski definition) is 5. The number of amides is 2.